The molecule has 0 aliphatic carbocycles. The van der Waals surface area contributed by atoms with Crippen molar-refractivity contribution in [3.05, 3.63) is 40.5 Å². The van der Waals surface area contributed by atoms with Gasteiger partial charge in [-0.1, -0.05) is 0 Å². The smallest absolute Gasteiger partial charge is 0.253 e. The minimum Gasteiger partial charge on any atom is -0.506 e. The molecular weight excluding hydrogens is 385 g/mol. The van der Waals surface area contributed by atoms with Crippen LogP contribution in [0, 0.1) is 12.7 Å². The van der Waals surface area contributed by atoms with Gasteiger partial charge in [0, 0.05) is 38.4 Å². The molecule has 1 amide bonds. The highest BCUT2D eigenvalue weighted by Crippen LogP contribution is 2.38. The summed E-state index contributed by atoms with van der Waals surface area (Å²) < 4.78 is 32.3. The van der Waals surface area contributed by atoms with E-state index in [9.17, 15) is 14.1 Å². The van der Waals surface area contributed by atoms with Crippen molar-refractivity contribution < 1.29 is 18.5 Å². The number of anilines is 1. The second-order valence-corrected chi connectivity index (χ2v) is 8.34. The van der Waals surface area contributed by atoms with Gasteiger partial charge in [-0.05, 0) is 37.0 Å². The molecule has 3 heterocycles. The third kappa shape index (κ3) is 3.37. The predicted molar refractivity (Wildman–Crippen MR) is 102 cm³/mol. The first kappa shape index (κ1) is 18.9. The molecule has 0 saturated carbocycles. The molecule has 10 heteroatoms. The fourth-order valence-electron chi connectivity index (χ4n) is 3.83. The fraction of sp³-hybridized carbons (Fsp3) is 0.444. The lowest BCUT2D eigenvalue weighted by Gasteiger charge is -2.30. The highest BCUT2D eigenvalue weighted by Gasteiger charge is 2.34. The molecule has 2 N–H and O–H groups in total. The summed E-state index contributed by atoms with van der Waals surface area (Å²) >= 11 is -1.89. The number of nitrogens with zero attached hydrogens (tertiary/aromatic N) is 4. The number of aryl methyl sites for hydroxylation is 2. The average molecular weight is 407 g/mol. The minimum absolute atomic E-state index is 0.180. The van der Waals surface area contributed by atoms with Gasteiger partial charge in [-0.2, -0.15) is 5.10 Å². The Morgan fingerprint density at radius 1 is 1.39 bits per heavy atom. The van der Waals surface area contributed by atoms with Gasteiger partial charge < -0.3 is 5.11 Å². The number of phenolic OH excluding ortho intramolecular Hbond substituents is 1. The summed E-state index contributed by atoms with van der Waals surface area (Å²) in [4.78, 5) is 13.6. The maximum absolute atomic E-state index is 15.3. The number of phenols is 1. The van der Waals surface area contributed by atoms with Gasteiger partial charge in [-0.3, -0.25) is 23.4 Å². The average Bonchev–Trinajstić information content (AvgIpc) is 3.13. The van der Waals surface area contributed by atoms with Crippen LogP contribution in [0.5, 0.6) is 5.75 Å². The lowest BCUT2D eigenvalue weighted by atomic mass is 9.97. The van der Waals surface area contributed by atoms with Crippen molar-refractivity contribution in [1.82, 2.24) is 19.4 Å². The maximum Gasteiger partial charge on any atom is 0.253 e. The number of carbonyl (C=O) groups excluding carboxylic acids is 1. The van der Waals surface area contributed by atoms with E-state index in [0.717, 1.165) is 40.6 Å². The summed E-state index contributed by atoms with van der Waals surface area (Å²) in [6.45, 7) is 3.65. The van der Waals surface area contributed by atoms with Gasteiger partial charge in [-0.15, -0.1) is 0 Å². The number of amides is 1. The van der Waals surface area contributed by atoms with E-state index in [-0.39, 0.29) is 18.0 Å². The summed E-state index contributed by atoms with van der Waals surface area (Å²) in [6, 6.07) is 1.52. The van der Waals surface area contributed by atoms with Crippen LogP contribution in [0.25, 0.3) is 0 Å². The Morgan fingerprint density at radius 2 is 2.18 bits per heavy atom. The normalized spacial score (nSPS) is 19.8. The zero-order chi connectivity index (χ0) is 20.0. The summed E-state index contributed by atoms with van der Waals surface area (Å²) in [7, 11) is 1.89. The summed E-state index contributed by atoms with van der Waals surface area (Å²) in [6.07, 6.45) is 3.43. The first-order chi connectivity index (χ1) is 13.3. The first-order valence-electron chi connectivity index (χ1n) is 9.07. The van der Waals surface area contributed by atoms with Crippen LogP contribution in [0.2, 0.25) is 0 Å². The molecule has 28 heavy (non-hydrogen) atoms. The van der Waals surface area contributed by atoms with Crippen molar-refractivity contribution in [1.29, 1.82) is 0 Å². The molecular formula is C18H22FN5O3S. The molecule has 0 bridgehead atoms. The van der Waals surface area contributed by atoms with Gasteiger partial charge >= 0.3 is 0 Å². The van der Waals surface area contributed by atoms with Gasteiger partial charge in [0.25, 0.3) is 5.91 Å². The lowest BCUT2D eigenvalue weighted by molar-refractivity contribution is -0.117. The monoisotopic (exact) mass is 407 g/mol. The Kier molecular flexibility index (Phi) is 4.84. The quantitative estimate of drug-likeness (QED) is 0.778. The van der Waals surface area contributed by atoms with Crippen LogP contribution in [-0.4, -0.2) is 49.5 Å². The SMILES string of the molecule is Cc1nn(C)cc1CCN1CCc2cc(O)c(N3CC(=O)NS3=O)c(F)c2C1. The molecule has 1 fully saturated rings. The van der Waals surface area contributed by atoms with Gasteiger partial charge in [0.15, 0.2) is 5.82 Å². The molecule has 2 aromatic rings. The summed E-state index contributed by atoms with van der Waals surface area (Å²) in [5, 5.41) is 14.6. The van der Waals surface area contributed by atoms with Gasteiger partial charge in [-0.25, -0.2) is 8.60 Å². The molecule has 1 atom stereocenters. The zero-order valence-electron chi connectivity index (χ0n) is 15.7. The van der Waals surface area contributed by atoms with Crippen LogP contribution in [0.3, 0.4) is 0 Å². The van der Waals surface area contributed by atoms with Crippen LogP contribution in [-0.2, 0) is 42.4 Å². The van der Waals surface area contributed by atoms with Crippen LogP contribution in [0.15, 0.2) is 12.3 Å². The molecule has 1 aromatic heterocycles. The third-order valence-electron chi connectivity index (χ3n) is 5.24. The lowest BCUT2D eigenvalue weighted by Crippen LogP contribution is -2.33. The second kappa shape index (κ2) is 7.17. The van der Waals surface area contributed by atoms with E-state index < -0.39 is 22.9 Å². The number of hydrogen-bond donors (Lipinski definition) is 2. The number of nitrogens with one attached hydrogen (secondary N) is 1. The Hall–Kier alpha value is -2.46. The van der Waals surface area contributed by atoms with Crippen LogP contribution in [0.4, 0.5) is 10.1 Å². The van der Waals surface area contributed by atoms with Gasteiger partial charge in [0.05, 0.1) is 5.69 Å². The second-order valence-electron chi connectivity index (χ2n) is 7.20. The maximum atomic E-state index is 15.3. The molecule has 1 unspecified atom stereocenters. The van der Waals surface area contributed by atoms with E-state index >= 15 is 4.39 Å². The molecule has 1 aromatic carbocycles. The highest BCUT2D eigenvalue weighted by atomic mass is 32.2. The zero-order valence-corrected chi connectivity index (χ0v) is 16.6. The Balaban J connectivity index is 1.56. The van der Waals surface area contributed by atoms with E-state index in [0.29, 0.717) is 18.5 Å². The number of halogens is 1. The van der Waals surface area contributed by atoms with Crippen LogP contribution in [0.1, 0.15) is 22.4 Å². The van der Waals surface area contributed by atoms with E-state index in [1.165, 1.54) is 6.07 Å². The highest BCUT2D eigenvalue weighted by molar-refractivity contribution is 7.85. The van der Waals surface area contributed by atoms with Crippen molar-refractivity contribution in [2.45, 2.75) is 26.3 Å². The van der Waals surface area contributed by atoms with Crippen molar-refractivity contribution in [2.75, 3.05) is 23.9 Å². The molecule has 0 radical (unpaired) electrons. The molecule has 4 rings (SSSR count). The third-order valence-corrected chi connectivity index (χ3v) is 6.36. The molecule has 8 nitrogen and oxygen atoms in total. The van der Waals surface area contributed by atoms with Crippen LogP contribution < -0.4 is 9.03 Å². The molecule has 1 saturated heterocycles. The summed E-state index contributed by atoms with van der Waals surface area (Å²) in [5.74, 6) is -1.37. The molecule has 2 aliphatic heterocycles. The first-order valence-corrected chi connectivity index (χ1v) is 10.2. The Labute approximate surface area is 164 Å². The largest absolute Gasteiger partial charge is 0.506 e. The van der Waals surface area contributed by atoms with Crippen molar-refractivity contribution in [3.63, 3.8) is 0 Å². The van der Waals surface area contributed by atoms with E-state index in [1.807, 2.05) is 20.2 Å². The summed E-state index contributed by atoms with van der Waals surface area (Å²) in [5.41, 5.74) is 3.21. The van der Waals surface area contributed by atoms with Gasteiger partial charge in [0.2, 0.25) is 11.2 Å². The number of hydrogen-bond acceptors (Lipinski definition) is 5. The van der Waals surface area contributed by atoms with E-state index in [4.69, 9.17) is 0 Å². The van der Waals surface area contributed by atoms with Crippen molar-refractivity contribution in [3.8, 4) is 5.75 Å². The van der Waals surface area contributed by atoms with Gasteiger partial charge in [0.1, 0.15) is 18.0 Å². The number of benzene rings is 1. The fourth-order valence-corrected chi connectivity index (χ4v) is 4.77. The number of aromatic nitrogens is 2. The minimum atomic E-state index is -1.89. The molecule has 2 aliphatic rings. The number of aromatic hydroxyl groups is 1. The van der Waals surface area contributed by atoms with Crippen molar-refractivity contribution in [2.24, 2.45) is 7.05 Å². The standard InChI is InChI=1S/C18H22FN5O3S/c1-11-13(8-22(2)20-11)4-6-23-5-3-12-7-15(25)18(17(19)14(12)9-23)24-10-16(26)21-28(24)27/h7-8,25H,3-6,9-10H2,1-2H3,(H,21,26). The number of carbonyl (C=O) groups is 1. The number of fused-ring (bicyclic) bond motifs is 1. The molecule has 0 spiro atoms. The van der Waals surface area contributed by atoms with E-state index in [2.05, 4.69) is 14.7 Å². The Bertz CT molecular complexity index is 977. The van der Waals surface area contributed by atoms with Crippen LogP contribution >= 0.6 is 0 Å². The molecule has 150 valence electrons. The van der Waals surface area contributed by atoms with Crippen molar-refractivity contribution >= 4 is 22.8 Å². The predicted octanol–water partition coefficient (Wildman–Crippen LogP) is 0.689. The van der Waals surface area contributed by atoms with E-state index in [1.54, 1.807) is 4.68 Å². The number of rotatable bonds is 4. The Morgan fingerprint density at radius 3 is 2.82 bits per heavy atom. The topological polar surface area (TPSA) is 90.7 Å².